The molecule has 1 aliphatic heterocycles. The zero-order chi connectivity index (χ0) is 23.8. The lowest BCUT2D eigenvalue weighted by atomic mass is 9.99. The maximum absolute atomic E-state index is 14.0. The number of aliphatic imine (C=N–C) groups is 1. The van der Waals surface area contributed by atoms with Gasteiger partial charge in [0.25, 0.3) is 0 Å². The Balaban J connectivity index is 1.49. The Bertz CT molecular complexity index is 1320. The molecule has 174 valence electrons. The second-order valence-corrected chi connectivity index (χ2v) is 9.17. The number of anilines is 2. The molecule has 1 aliphatic carbocycles. The van der Waals surface area contributed by atoms with Gasteiger partial charge in [0, 0.05) is 22.1 Å². The van der Waals surface area contributed by atoms with Gasteiger partial charge in [-0.25, -0.2) is 8.78 Å². The van der Waals surface area contributed by atoms with E-state index in [0.29, 0.717) is 11.1 Å². The van der Waals surface area contributed by atoms with E-state index in [1.54, 1.807) is 7.11 Å². The molecule has 0 fully saturated rings. The summed E-state index contributed by atoms with van der Waals surface area (Å²) in [6.45, 7) is -0.414. The Morgan fingerprint density at radius 1 is 1.18 bits per heavy atom. The van der Waals surface area contributed by atoms with Crippen LogP contribution in [0.1, 0.15) is 28.0 Å². The molecule has 1 N–H and O–H groups in total. The summed E-state index contributed by atoms with van der Waals surface area (Å²) in [7, 11) is 1.60. The fourth-order valence-corrected chi connectivity index (χ4v) is 5.72. The predicted octanol–water partition coefficient (Wildman–Crippen LogP) is 4.35. The number of rotatable bonds is 5. The third-order valence-electron chi connectivity index (χ3n) is 5.93. The minimum atomic E-state index is -0.878. The minimum absolute atomic E-state index is 0.115. The standard InChI is InChI=1S/C25H21F2N3O3S/c1-33-16-8-5-14(6-9-16)24-23-17-3-2-4-20(17)34-25(23)30(22(32)12-28-24)13-21(31)29-19-10-7-15(26)11-18(19)27/h5-11H,2-4,12-13H2,1H3,(H,29,31). The number of hydrogen-bond donors (Lipinski definition) is 1. The summed E-state index contributed by atoms with van der Waals surface area (Å²) in [5.74, 6) is -1.79. The van der Waals surface area contributed by atoms with Crippen LogP contribution in [0.25, 0.3) is 0 Å². The fourth-order valence-electron chi connectivity index (χ4n) is 4.32. The van der Waals surface area contributed by atoms with Crippen LogP contribution in [0.2, 0.25) is 0 Å². The van der Waals surface area contributed by atoms with Crippen LogP contribution in [0.3, 0.4) is 0 Å². The fraction of sp³-hybridized carbons (Fsp3) is 0.240. The number of hydrogen-bond acceptors (Lipinski definition) is 5. The van der Waals surface area contributed by atoms with Crippen LogP contribution in [0.5, 0.6) is 5.75 Å². The van der Waals surface area contributed by atoms with E-state index in [4.69, 9.17) is 4.74 Å². The molecular formula is C25H21F2N3O3S. The number of carbonyl (C=O) groups excluding carboxylic acids is 2. The molecule has 1 aromatic heterocycles. The number of amides is 2. The van der Waals surface area contributed by atoms with E-state index >= 15 is 0 Å². The van der Waals surface area contributed by atoms with E-state index in [-0.39, 0.29) is 24.7 Å². The Hall–Kier alpha value is -3.59. The van der Waals surface area contributed by atoms with Crippen molar-refractivity contribution in [1.82, 2.24) is 0 Å². The van der Waals surface area contributed by atoms with E-state index in [1.165, 1.54) is 26.7 Å². The van der Waals surface area contributed by atoms with Gasteiger partial charge in [0.2, 0.25) is 11.8 Å². The maximum Gasteiger partial charge on any atom is 0.249 e. The van der Waals surface area contributed by atoms with Gasteiger partial charge in [-0.2, -0.15) is 0 Å². The number of nitrogens with one attached hydrogen (secondary N) is 1. The third-order valence-corrected chi connectivity index (χ3v) is 7.24. The quantitative estimate of drug-likeness (QED) is 0.589. The van der Waals surface area contributed by atoms with Gasteiger partial charge in [-0.3, -0.25) is 19.5 Å². The van der Waals surface area contributed by atoms with Crippen molar-refractivity contribution in [1.29, 1.82) is 0 Å². The van der Waals surface area contributed by atoms with Crippen molar-refractivity contribution in [2.75, 3.05) is 30.4 Å². The first-order valence-corrected chi connectivity index (χ1v) is 11.7. The molecule has 34 heavy (non-hydrogen) atoms. The van der Waals surface area contributed by atoms with Crippen LogP contribution in [0, 0.1) is 11.6 Å². The van der Waals surface area contributed by atoms with Gasteiger partial charge in [-0.1, -0.05) is 0 Å². The normalized spacial score (nSPS) is 14.9. The first-order chi connectivity index (χ1) is 16.4. The molecule has 2 amide bonds. The first-order valence-electron chi connectivity index (χ1n) is 10.8. The Kier molecular flexibility index (Phi) is 5.87. The molecule has 5 rings (SSSR count). The summed E-state index contributed by atoms with van der Waals surface area (Å²) in [6, 6.07) is 10.4. The van der Waals surface area contributed by atoms with Crippen LogP contribution < -0.4 is 15.0 Å². The molecule has 0 unspecified atom stereocenters. The predicted molar refractivity (Wildman–Crippen MR) is 127 cm³/mol. The summed E-state index contributed by atoms with van der Waals surface area (Å²) in [4.78, 5) is 33.1. The molecule has 3 aromatic rings. The highest BCUT2D eigenvalue weighted by molar-refractivity contribution is 7.17. The summed E-state index contributed by atoms with van der Waals surface area (Å²) >= 11 is 1.51. The summed E-state index contributed by atoms with van der Waals surface area (Å²) in [5, 5.41) is 3.12. The van der Waals surface area contributed by atoms with Crippen molar-refractivity contribution < 1.29 is 23.1 Å². The van der Waals surface area contributed by atoms with Gasteiger partial charge < -0.3 is 10.1 Å². The van der Waals surface area contributed by atoms with Gasteiger partial charge in [0.05, 0.1) is 18.5 Å². The van der Waals surface area contributed by atoms with E-state index < -0.39 is 17.5 Å². The number of thiophene rings is 1. The molecule has 0 saturated heterocycles. The van der Waals surface area contributed by atoms with E-state index in [9.17, 15) is 18.4 Å². The second kappa shape index (κ2) is 8.98. The lowest BCUT2D eigenvalue weighted by molar-refractivity contribution is -0.120. The van der Waals surface area contributed by atoms with Gasteiger partial charge in [-0.15, -0.1) is 11.3 Å². The lowest BCUT2D eigenvalue weighted by Crippen LogP contribution is -2.39. The number of aryl methyl sites for hydroxylation is 1. The Morgan fingerprint density at radius 2 is 1.97 bits per heavy atom. The van der Waals surface area contributed by atoms with Gasteiger partial charge in [0.1, 0.15) is 35.5 Å². The molecule has 2 aliphatic rings. The van der Waals surface area contributed by atoms with Gasteiger partial charge in [0.15, 0.2) is 0 Å². The van der Waals surface area contributed by atoms with Crippen LogP contribution in [0.15, 0.2) is 47.5 Å². The molecule has 2 aromatic carbocycles. The Labute approximate surface area is 198 Å². The molecule has 2 heterocycles. The van der Waals surface area contributed by atoms with Crippen LogP contribution >= 0.6 is 11.3 Å². The monoisotopic (exact) mass is 481 g/mol. The summed E-state index contributed by atoms with van der Waals surface area (Å²) < 4.78 is 32.5. The summed E-state index contributed by atoms with van der Waals surface area (Å²) in [5.41, 5.74) is 3.49. The molecule has 0 atom stereocenters. The highest BCUT2D eigenvalue weighted by atomic mass is 32.1. The van der Waals surface area contributed by atoms with Crippen molar-refractivity contribution in [2.24, 2.45) is 4.99 Å². The molecule has 0 spiro atoms. The van der Waals surface area contributed by atoms with Crippen LogP contribution in [-0.2, 0) is 22.4 Å². The SMILES string of the molecule is COc1ccc(C2=NCC(=O)N(CC(=O)Nc3ccc(F)cc3F)c3sc4c(c32)CCC4)cc1. The number of benzene rings is 2. The summed E-state index contributed by atoms with van der Waals surface area (Å²) in [6.07, 6.45) is 2.83. The number of ether oxygens (including phenoxy) is 1. The zero-order valence-corrected chi connectivity index (χ0v) is 19.2. The largest absolute Gasteiger partial charge is 0.497 e. The van der Waals surface area contributed by atoms with Crippen LogP contribution in [0.4, 0.5) is 19.5 Å². The number of fused-ring (bicyclic) bond motifs is 3. The molecular weight excluding hydrogens is 460 g/mol. The molecule has 0 saturated carbocycles. The smallest absolute Gasteiger partial charge is 0.249 e. The molecule has 0 radical (unpaired) electrons. The highest BCUT2D eigenvalue weighted by Crippen LogP contribution is 2.43. The number of methoxy groups -OCH3 is 1. The second-order valence-electron chi connectivity index (χ2n) is 8.08. The third kappa shape index (κ3) is 4.07. The average molecular weight is 482 g/mol. The van der Waals surface area contributed by atoms with Gasteiger partial charge in [-0.05, 0) is 61.2 Å². The van der Waals surface area contributed by atoms with Gasteiger partial charge >= 0.3 is 0 Å². The van der Waals surface area contributed by atoms with Crippen LogP contribution in [-0.4, -0.2) is 37.7 Å². The molecule has 6 nitrogen and oxygen atoms in total. The van der Waals surface area contributed by atoms with Crippen molar-refractivity contribution >= 4 is 39.6 Å². The Morgan fingerprint density at radius 3 is 2.71 bits per heavy atom. The first kappa shape index (κ1) is 22.2. The van der Waals surface area contributed by atoms with Crippen molar-refractivity contribution in [2.45, 2.75) is 19.3 Å². The minimum Gasteiger partial charge on any atom is -0.497 e. The zero-order valence-electron chi connectivity index (χ0n) is 18.4. The molecule has 9 heteroatoms. The van der Waals surface area contributed by atoms with Crippen molar-refractivity contribution in [3.8, 4) is 5.75 Å². The average Bonchev–Trinajstić information content (AvgIpc) is 3.39. The number of halogens is 2. The molecule has 0 bridgehead atoms. The van der Waals surface area contributed by atoms with Crippen molar-refractivity contribution in [3.63, 3.8) is 0 Å². The van der Waals surface area contributed by atoms with E-state index in [0.717, 1.165) is 54.0 Å². The topological polar surface area (TPSA) is 71.0 Å². The van der Waals surface area contributed by atoms with Crippen molar-refractivity contribution in [3.05, 3.63) is 75.7 Å². The number of carbonyl (C=O) groups is 2. The lowest BCUT2D eigenvalue weighted by Gasteiger charge is -2.20. The van der Waals surface area contributed by atoms with E-state index in [1.807, 2.05) is 24.3 Å². The maximum atomic E-state index is 14.0. The highest BCUT2D eigenvalue weighted by Gasteiger charge is 2.34. The number of nitrogens with zero attached hydrogens (tertiary/aromatic N) is 2. The van der Waals surface area contributed by atoms with E-state index in [2.05, 4.69) is 10.3 Å².